The van der Waals surface area contributed by atoms with Crippen LogP contribution in [0.1, 0.15) is 49.1 Å². The topological polar surface area (TPSA) is 52.2 Å². The summed E-state index contributed by atoms with van der Waals surface area (Å²) in [6.07, 6.45) is 8.66. The van der Waals surface area contributed by atoms with Gasteiger partial charge in [-0.2, -0.15) is 5.10 Å². The van der Waals surface area contributed by atoms with Crippen molar-refractivity contribution in [2.24, 2.45) is 5.92 Å². The minimum atomic E-state index is 0.336. The van der Waals surface area contributed by atoms with Crippen molar-refractivity contribution in [3.8, 4) is 0 Å². The molecule has 2 bridgehead atoms. The molecule has 4 aliphatic rings. The van der Waals surface area contributed by atoms with Gasteiger partial charge in [-0.15, -0.1) is 0 Å². The first kappa shape index (κ1) is 15.2. The van der Waals surface area contributed by atoms with E-state index in [1.165, 1.54) is 36.9 Å². The number of carbonyl (C=O) groups is 1. The van der Waals surface area contributed by atoms with Gasteiger partial charge in [0.1, 0.15) is 0 Å². The molecular weight excluding hydrogens is 288 g/mol. The Morgan fingerprint density at radius 3 is 3.00 bits per heavy atom. The van der Waals surface area contributed by atoms with E-state index >= 15 is 0 Å². The van der Waals surface area contributed by atoms with Crippen molar-refractivity contribution in [1.29, 1.82) is 0 Å². The summed E-state index contributed by atoms with van der Waals surface area (Å²) in [6, 6.07) is 0.430. The highest BCUT2D eigenvalue weighted by molar-refractivity contribution is 5.77. The van der Waals surface area contributed by atoms with Crippen LogP contribution in [-0.2, 0) is 24.1 Å². The second-order valence-corrected chi connectivity index (χ2v) is 7.70. The number of rotatable bonds is 3. The van der Waals surface area contributed by atoms with E-state index in [4.69, 9.17) is 0 Å². The third kappa shape index (κ3) is 3.03. The van der Waals surface area contributed by atoms with Gasteiger partial charge in [-0.05, 0) is 57.1 Å². The highest BCUT2D eigenvalue weighted by Crippen LogP contribution is 2.28. The third-order valence-corrected chi connectivity index (χ3v) is 5.93. The first-order valence-corrected chi connectivity index (χ1v) is 9.23. The number of fused-ring (bicyclic) bond motifs is 5. The van der Waals surface area contributed by atoms with Crippen LogP contribution in [0, 0.1) is 5.92 Å². The predicted octanol–water partition coefficient (Wildman–Crippen LogP) is 1.77. The highest BCUT2D eigenvalue weighted by Gasteiger charge is 2.35. The number of hydrogen-bond acceptors (Lipinski definition) is 3. The van der Waals surface area contributed by atoms with Gasteiger partial charge in [-0.1, -0.05) is 0 Å². The summed E-state index contributed by atoms with van der Waals surface area (Å²) >= 11 is 0. The predicted molar refractivity (Wildman–Crippen MR) is 89.3 cm³/mol. The molecule has 5 heteroatoms. The van der Waals surface area contributed by atoms with E-state index in [0.29, 0.717) is 24.3 Å². The molecule has 1 aromatic heterocycles. The fourth-order valence-corrected chi connectivity index (χ4v) is 4.75. The fraction of sp³-hybridized carbons (Fsp3) is 0.778. The van der Waals surface area contributed by atoms with Gasteiger partial charge in [0.15, 0.2) is 0 Å². The van der Waals surface area contributed by atoms with E-state index in [9.17, 15) is 4.79 Å². The lowest BCUT2D eigenvalue weighted by atomic mass is 9.93. The second-order valence-electron chi connectivity index (χ2n) is 7.70. The first-order valence-electron chi connectivity index (χ1n) is 9.23. The van der Waals surface area contributed by atoms with Gasteiger partial charge in [0.05, 0.1) is 5.69 Å². The summed E-state index contributed by atoms with van der Waals surface area (Å²) in [7, 11) is 2.19. The zero-order valence-electron chi connectivity index (χ0n) is 14.2. The maximum Gasteiger partial charge on any atom is 0.223 e. The van der Waals surface area contributed by atoms with Crippen LogP contribution in [0.3, 0.4) is 0 Å². The fourth-order valence-electron chi connectivity index (χ4n) is 4.75. The van der Waals surface area contributed by atoms with Crippen LogP contribution in [0.4, 0.5) is 0 Å². The van der Waals surface area contributed by atoms with Crippen LogP contribution >= 0.6 is 0 Å². The molecule has 23 heavy (non-hydrogen) atoms. The number of nitrogens with zero attached hydrogens (tertiary/aromatic N) is 3. The highest BCUT2D eigenvalue weighted by atomic mass is 16.2. The number of likely N-dealkylation sites (N-methyl/N-ethyl adjacent to an activating group) is 1. The van der Waals surface area contributed by atoms with Crippen LogP contribution in [0.25, 0.3) is 0 Å². The van der Waals surface area contributed by atoms with E-state index in [1.807, 2.05) is 0 Å². The van der Waals surface area contributed by atoms with Crippen molar-refractivity contribution in [3.05, 3.63) is 17.0 Å². The summed E-state index contributed by atoms with van der Waals surface area (Å²) < 4.78 is 0. The molecule has 0 aromatic carbocycles. The molecule has 0 saturated carbocycles. The molecule has 5 nitrogen and oxygen atoms in total. The van der Waals surface area contributed by atoms with Gasteiger partial charge in [-0.3, -0.25) is 9.89 Å². The Labute approximate surface area is 138 Å². The molecule has 1 aliphatic carbocycles. The molecule has 2 atom stereocenters. The van der Waals surface area contributed by atoms with Gasteiger partial charge in [0, 0.05) is 44.2 Å². The maximum absolute atomic E-state index is 12.8. The van der Waals surface area contributed by atoms with Crippen molar-refractivity contribution in [3.63, 3.8) is 0 Å². The molecular formula is C18H28N4O. The van der Waals surface area contributed by atoms with E-state index in [2.05, 4.69) is 27.0 Å². The SMILES string of the molecule is CN1C[C@@H]2CC[C@H](C1)N(C(=O)CCc1n[nH]c3c1CCCC3)C2. The van der Waals surface area contributed by atoms with E-state index < -0.39 is 0 Å². The van der Waals surface area contributed by atoms with Crippen LogP contribution in [0.5, 0.6) is 0 Å². The van der Waals surface area contributed by atoms with Gasteiger partial charge >= 0.3 is 0 Å². The minimum Gasteiger partial charge on any atom is -0.338 e. The van der Waals surface area contributed by atoms with E-state index in [0.717, 1.165) is 44.6 Å². The summed E-state index contributed by atoms with van der Waals surface area (Å²) in [5.74, 6) is 1.00. The Hall–Kier alpha value is -1.36. The second kappa shape index (κ2) is 6.27. The molecule has 3 fully saturated rings. The minimum absolute atomic E-state index is 0.336. The molecule has 1 N–H and O–H groups in total. The Kier molecular flexibility index (Phi) is 4.14. The number of aromatic nitrogens is 2. The van der Waals surface area contributed by atoms with Gasteiger partial charge < -0.3 is 9.80 Å². The smallest absolute Gasteiger partial charge is 0.223 e. The van der Waals surface area contributed by atoms with Crippen molar-refractivity contribution in [2.45, 2.75) is 57.4 Å². The monoisotopic (exact) mass is 316 g/mol. The molecule has 0 spiro atoms. The lowest BCUT2D eigenvalue weighted by Gasteiger charge is -2.36. The van der Waals surface area contributed by atoms with E-state index in [1.54, 1.807) is 0 Å². The Bertz CT molecular complexity index is 582. The van der Waals surface area contributed by atoms with Crippen LogP contribution < -0.4 is 0 Å². The normalized spacial score (nSPS) is 27.8. The number of aryl methyl sites for hydroxylation is 2. The zero-order chi connectivity index (χ0) is 15.8. The lowest BCUT2D eigenvalue weighted by molar-refractivity contribution is -0.135. The van der Waals surface area contributed by atoms with Gasteiger partial charge in [0.25, 0.3) is 0 Å². The van der Waals surface area contributed by atoms with Crippen LogP contribution in [-0.4, -0.2) is 58.6 Å². The van der Waals surface area contributed by atoms with Crippen molar-refractivity contribution >= 4 is 5.91 Å². The number of aromatic amines is 1. The Morgan fingerprint density at radius 1 is 1.22 bits per heavy atom. The Morgan fingerprint density at radius 2 is 2.09 bits per heavy atom. The summed E-state index contributed by atoms with van der Waals surface area (Å²) in [6.45, 7) is 3.15. The molecule has 3 saturated heterocycles. The third-order valence-electron chi connectivity index (χ3n) is 5.93. The number of H-pyrrole nitrogens is 1. The van der Waals surface area contributed by atoms with Crippen LogP contribution in [0.15, 0.2) is 0 Å². The number of piperidine rings is 1. The molecule has 3 aliphatic heterocycles. The summed E-state index contributed by atoms with van der Waals surface area (Å²) in [5.41, 5.74) is 3.86. The standard InChI is InChI=1S/C18H28N4O/c1-21-10-13-6-7-14(12-21)22(11-13)18(23)9-8-17-15-4-2-3-5-16(15)19-20-17/h13-14H,2-12H2,1H3,(H,19,20)/t13-,14+/m0/s1. The van der Waals surface area contributed by atoms with Gasteiger partial charge in [0.2, 0.25) is 5.91 Å². The average molecular weight is 316 g/mol. The average Bonchev–Trinajstić information content (AvgIpc) is 2.79. The molecule has 0 radical (unpaired) electrons. The van der Waals surface area contributed by atoms with Gasteiger partial charge in [-0.25, -0.2) is 0 Å². The number of amides is 1. The molecule has 1 amide bonds. The first-order chi connectivity index (χ1) is 11.2. The van der Waals surface area contributed by atoms with Crippen molar-refractivity contribution < 1.29 is 4.79 Å². The molecule has 0 unspecified atom stereocenters. The number of carbonyl (C=O) groups excluding carboxylic acids is 1. The van der Waals surface area contributed by atoms with Crippen molar-refractivity contribution in [2.75, 3.05) is 26.7 Å². The molecule has 4 heterocycles. The number of hydrogen-bond donors (Lipinski definition) is 1. The van der Waals surface area contributed by atoms with E-state index in [-0.39, 0.29) is 0 Å². The van der Waals surface area contributed by atoms with Crippen molar-refractivity contribution in [1.82, 2.24) is 20.0 Å². The summed E-state index contributed by atoms with van der Waals surface area (Å²) in [5, 5.41) is 7.68. The molecule has 5 rings (SSSR count). The maximum atomic E-state index is 12.8. The summed E-state index contributed by atoms with van der Waals surface area (Å²) in [4.78, 5) is 17.4. The lowest BCUT2D eigenvalue weighted by Crippen LogP contribution is -2.47. The van der Waals surface area contributed by atoms with Crippen LogP contribution in [0.2, 0.25) is 0 Å². The number of nitrogens with one attached hydrogen (secondary N) is 1. The largest absolute Gasteiger partial charge is 0.338 e. The Balaban J connectivity index is 1.39. The quantitative estimate of drug-likeness (QED) is 0.925. The molecule has 126 valence electrons. The molecule has 1 aromatic rings. The zero-order valence-corrected chi connectivity index (χ0v) is 14.2.